The van der Waals surface area contributed by atoms with Gasteiger partial charge in [0.1, 0.15) is 0 Å². The van der Waals surface area contributed by atoms with E-state index in [9.17, 15) is 0 Å². The molecule has 0 bridgehead atoms. The van der Waals surface area contributed by atoms with Gasteiger partial charge in [0.15, 0.2) is 0 Å². The topological polar surface area (TPSA) is 38.5 Å². The van der Waals surface area contributed by atoms with Crippen LogP contribution in [0, 0.1) is 0 Å². The SMILES string of the molecule is CN1C[C@H]2OCC[C@@]2(N)C1. The molecule has 0 aromatic rings. The van der Waals surface area contributed by atoms with Gasteiger partial charge in [-0.25, -0.2) is 0 Å². The fourth-order valence-corrected chi connectivity index (χ4v) is 1.98. The highest BCUT2D eigenvalue weighted by molar-refractivity contribution is 5.04. The normalized spacial score (nSPS) is 48.0. The average molecular weight is 142 g/mol. The lowest BCUT2D eigenvalue weighted by molar-refractivity contribution is 0.0977. The Hall–Kier alpha value is -0.120. The predicted molar refractivity (Wildman–Crippen MR) is 38.8 cm³/mol. The van der Waals surface area contributed by atoms with E-state index in [0.29, 0.717) is 6.10 Å². The lowest BCUT2D eigenvalue weighted by Crippen LogP contribution is -2.47. The van der Waals surface area contributed by atoms with Gasteiger partial charge in [-0.1, -0.05) is 0 Å². The highest BCUT2D eigenvalue weighted by atomic mass is 16.5. The molecule has 0 aromatic heterocycles. The number of fused-ring (bicyclic) bond motifs is 1. The summed E-state index contributed by atoms with van der Waals surface area (Å²) in [5, 5.41) is 0. The van der Waals surface area contributed by atoms with Gasteiger partial charge in [0.05, 0.1) is 11.6 Å². The van der Waals surface area contributed by atoms with E-state index < -0.39 is 0 Å². The van der Waals surface area contributed by atoms with E-state index in [-0.39, 0.29) is 5.54 Å². The second-order valence-electron chi connectivity index (χ2n) is 3.54. The van der Waals surface area contributed by atoms with Gasteiger partial charge in [0, 0.05) is 19.7 Å². The van der Waals surface area contributed by atoms with E-state index in [1.54, 1.807) is 0 Å². The van der Waals surface area contributed by atoms with Gasteiger partial charge < -0.3 is 15.4 Å². The van der Waals surface area contributed by atoms with Crippen LogP contribution in [0.2, 0.25) is 0 Å². The number of rotatable bonds is 0. The van der Waals surface area contributed by atoms with Crippen LogP contribution in [0.15, 0.2) is 0 Å². The van der Waals surface area contributed by atoms with Crippen LogP contribution >= 0.6 is 0 Å². The van der Waals surface area contributed by atoms with E-state index >= 15 is 0 Å². The summed E-state index contributed by atoms with van der Waals surface area (Å²) < 4.78 is 5.48. The van der Waals surface area contributed by atoms with Crippen LogP contribution in [-0.2, 0) is 4.74 Å². The first-order valence-electron chi connectivity index (χ1n) is 3.80. The molecular formula is C7H14N2O. The van der Waals surface area contributed by atoms with Gasteiger partial charge in [-0.2, -0.15) is 0 Å². The quantitative estimate of drug-likeness (QED) is 0.491. The van der Waals surface area contributed by atoms with E-state index in [1.807, 2.05) is 0 Å². The standard InChI is InChI=1S/C7H14N2O/c1-9-4-6-7(8,5-9)2-3-10-6/h6H,2-5,8H2,1H3/t6-,7-/m1/s1. The minimum absolute atomic E-state index is 0.0191. The van der Waals surface area contributed by atoms with Crippen molar-refractivity contribution < 1.29 is 4.74 Å². The first kappa shape index (κ1) is 6.58. The average Bonchev–Trinajstić information content (AvgIpc) is 2.20. The minimum atomic E-state index is -0.0191. The molecule has 3 heteroatoms. The Morgan fingerprint density at radius 2 is 2.50 bits per heavy atom. The summed E-state index contributed by atoms with van der Waals surface area (Å²) in [7, 11) is 2.09. The summed E-state index contributed by atoms with van der Waals surface area (Å²) in [5.41, 5.74) is 6.07. The summed E-state index contributed by atoms with van der Waals surface area (Å²) in [6.45, 7) is 2.86. The lowest BCUT2D eigenvalue weighted by atomic mass is 9.96. The molecule has 0 unspecified atom stereocenters. The fourth-order valence-electron chi connectivity index (χ4n) is 1.98. The molecule has 0 aliphatic carbocycles. The van der Waals surface area contributed by atoms with Gasteiger partial charge in [-0.15, -0.1) is 0 Å². The van der Waals surface area contributed by atoms with Crippen LogP contribution in [-0.4, -0.2) is 43.3 Å². The van der Waals surface area contributed by atoms with Crippen molar-refractivity contribution in [3.63, 3.8) is 0 Å². The second kappa shape index (κ2) is 1.94. The zero-order chi connectivity index (χ0) is 7.19. The molecule has 2 N–H and O–H groups in total. The Balaban J connectivity index is 2.15. The van der Waals surface area contributed by atoms with Gasteiger partial charge >= 0.3 is 0 Å². The van der Waals surface area contributed by atoms with Crippen LogP contribution in [0.5, 0.6) is 0 Å². The number of likely N-dealkylation sites (N-methyl/N-ethyl adjacent to an activating group) is 1. The molecule has 2 heterocycles. The monoisotopic (exact) mass is 142 g/mol. The van der Waals surface area contributed by atoms with Crippen molar-refractivity contribution in [3.05, 3.63) is 0 Å². The number of ether oxygens (including phenoxy) is 1. The van der Waals surface area contributed by atoms with Gasteiger partial charge in [-0.05, 0) is 13.5 Å². The number of hydrogen-bond acceptors (Lipinski definition) is 3. The third kappa shape index (κ3) is 0.779. The first-order valence-corrected chi connectivity index (χ1v) is 3.80. The van der Waals surface area contributed by atoms with Crippen molar-refractivity contribution in [2.75, 3.05) is 26.7 Å². The number of hydrogen-bond donors (Lipinski definition) is 1. The number of likely N-dealkylation sites (tertiary alicyclic amines) is 1. The zero-order valence-corrected chi connectivity index (χ0v) is 6.34. The molecule has 2 saturated heterocycles. The van der Waals surface area contributed by atoms with Crippen molar-refractivity contribution in [3.8, 4) is 0 Å². The smallest absolute Gasteiger partial charge is 0.0894 e. The van der Waals surface area contributed by atoms with E-state index in [2.05, 4.69) is 11.9 Å². The maximum Gasteiger partial charge on any atom is 0.0894 e. The van der Waals surface area contributed by atoms with Crippen LogP contribution < -0.4 is 5.73 Å². The molecule has 0 saturated carbocycles. The van der Waals surface area contributed by atoms with E-state index in [0.717, 1.165) is 26.1 Å². The minimum Gasteiger partial charge on any atom is -0.375 e. The van der Waals surface area contributed by atoms with Crippen LogP contribution in [0.1, 0.15) is 6.42 Å². The fraction of sp³-hybridized carbons (Fsp3) is 1.00. The largest absolute Gasteiger partial charge is 0.375 e. The zero-order valence-electron chi connectivity index (χ0n) is 6.34. The Morgan fingerprint density at radius 1 is 1.70 bits per heavy atom. The molecule has 58 valence electrons. The molecule has 0 radical (unpaired) electrons. The Kier molecular flexibility index (Phi) is 1.27. The summed E-state index contributed by atoms with van der Waals surface area (Å²) in [4.78, 5) is 2.24. The first-order chi connectivity index (χ1) is 4.71. The summed E-state index contributed by atoms with van der Waals surface area (Å²) >= 11 is 0. The Labute approximate surface area is 61.1 Å². The highest BCUT2D eigenvalue weighted by Crippen LogP contribution is 2.29. The van der Waals surface area contributed by atoms with Crippen LogP contribution in [0.25, 0.3) is 0 Å². The summed E-state index contributed by atoms with van der Waals surface area (Å²) in [6.07, 6.45) is 1.33. The Morgan fingerprint density at radius 3 is 3.20 bits per heavy atom. The molecule has 2 aliphatic heterocycles. The highest BCUT2D eigenvalue weighted by Gasteiger charge is 2.46. The molecule has 0 aromatic carbocycles. The van der Waals surface area contributed by atoms with Crippen molar-refractivity contribution >= 4 is 0 Å². The lowest BCUT2D eigenvalue weighted by Gasteiger charge is -2.19. The summed E-state index contributed by atoms with van der Waals surface area (Å²) in [6, 6.07) is 0. The number of nitrogens with two attached hydrogens (primary N) is 1. The van der Waals surface area contributed by atoms with Gasteiger partial charge in [0.2, 0.25) is 0 Å². The van der Waals surface area contributed by atoms with E-state index in [1.165, 1.54) is 0 Å². The van der Waals surface area contributed by atoms with Crippen LogP contribution in [0.4, 0.5) is 0 Å². The molecule has 0 amide bonds. The third-order valence-corrected chi connectivity index (χ3v) is 2.57. The van der Waals surface area contributed by atoms with Crippen molar-refractivity contribution in [2.24, 2.45) is 5.73 Å². The molecule has 10 heavy (non-hydrogen) atoms. The predicted octanol–water partition coefficient (Wildman–Crippen LogP) is -0.582. The molecule has 0 spiro atoms. The molecule has 3 nitrogen and oxygen atoms in total. The van der Waals surface area contributed by atoms with Crippen molar-refractivity contribution in [1.82, 2.24) is 4.90 Å². The third-order valence-electron chi connectivity index (χ3n) is 2.57. The maximum atomic E-state index is 6.09. The molecule has 2 atom stereocenters. The molecule has 2 aliphatic rings. The maximum absolute atomic E-state index is 6.09. The number of nitrogens with zero attached hydrogens (tertiary/aromatic N) is 1. The van der Waals surface area contributed by atoms with E-state index in [4.69, 9.17) is 10.5 Å². The molecule has 2 fully saturated rings. The Bertz CT molecular complexity index is 151. The van der Waals surface area contributed by atoms with Gasteiger partial charge in [-0.3, -0.25) is 0 Å². The summed E-state index contributed by atoms with van der Waals surface area (Å²) in [5.74, 6) is 0. The molecular weight excluding hydrogens is 128 g/mol. The van der Waals surface area contributed by atoms with Crippen molar-refractivity contribution in [2.45, 2.75) is 18.1 Å². The van der Waals surface area contributed by atoms with Crippen molar-refractivity contribution in [1.29, 1.82) is 0 Å². The van der Waals surface area contributed by atoms with Gasteiger partial charge in [0.25, 0.3) is 0 Å². The second-order valence-corrected chi connectivity index (χ2v) is 3.54. The van der Waals surface area contributed by atoms with Crippen LogP contribution in [0.3, 0.4) is 0 Å². The molecule has 2 rings (SSSR count).